The number of anilines is 1. The van der Waals surface area contributed by atoms with Crippen molar-refractivity contribution in [2.45, 2.75) is 57.5 Å². The summed E-state index contributed by atoms with van der Waals surface area (Å²) in [5, 5.41) is 5.18. The highest BCUT2D eigenvalue weighted by molar-refractivity contribution is 7.10. The number of nitrogens with zero attached hydrogens (tertiary/aromatic N) is 2. The minimum atomic E-state index is -0.751. The molecule has 1 aliphatic carbocycles. The fraction of sp³-hybridized carbons (Fsp3) is 0.346. The van der Waals surface area contributed by atoms with E-state index < -0.39 is 6.04 Å². The highest BCUT2D eigenvalue weighted by Crippen LogP contribution is 2.30. The first-order chi connectivity index (χ1) is 15.7. The van der Waals surface area contributed by atoms with Gasteiger partial charge in [0.25, 0.3) is 0 Å². The number of carbonyl (C=O) groups is 2. The Balaban J connectivity index is 1.73. The van der Waals surface area contributed by atoms with Crippen LogP contribution in [0.1, 0.15) is 54.7 Å². The molecule has 0 aliphatic heterocycles. The summed E-state index contributed by atoms with van der Waals surface area (Å²) in [4.78, 5) is 34.0. The van der Waals surface area contributed by atoms with E-state index in [9.17, 15) is 9.59 Å². The quantitative estimate of drug-likeness (QED) is 0.524. The third-order valence-electron chi connectivity index (χ3n) is 6.03. The van der Waals surface area contributed by atoms with Gasteiger partial charge in [-0.1, -0.05) is 38.0 Å². The molecule has 3 aromatic rings. The molecule has 1 aromatic carbocycles. The third-order valence-corrected chi connectivity index (χ3v) is 6.90. The molecular formula is C26H29N3O2S. The molecule has 2 heterocycles. The Bertz CT molecular complexity index is 1010. The van der Waals surface area contributed by atoms with E-state index in [-0.39, 0.29) is 24.3 Å². The Labute approximate surface area is 193 Å². The minimum absolute atomic E-state index is 0.0971. The monoisotopic (exact) mass is 447 g/mol. The molecule has 1 N–H and O–H groups in total. The summed E-state index contributed by atoms with van der Waals surface area (Å²) >= 11 is 1.55. The molecule has 166 valence electrons. The fourth-order valence-corrected chi connectivity index (χ4v) is 4.99. The van der Waals surface area contributed by atoms with Gasteiger partial charge in [-0.3, -0.25) is 19.5 Å². The van der Waals surface area contributed by atoms with Crippen LogP contribution in [0.15, 0.2) is 66.3 Å². The van der Waals surface area contributed by atoms with Gasteiger partial charge in [0.1, 0.15) is 6.04 Å². The van der Waals surface area contributed by atoms with Gasteiger partial charge in [0.15, 0.2) is 0 Å². The first-order valence-corrected chi connectivity index (χ1v) is 12.2. The SMILES string of the molecule is CCc1ccc(N(C(=O)Cc2cccs2)C(C(=O)NC2CCCC2)c2ccncc2)cc1. The highest BCUT2D eigenvalue weighted by Gasteiger charge is 2.34. The van der Waals surface area contributed by atoms with Gasteiger partial charge in [-0.05, 0) is 66.1 Å². The number of aryl methyl sites for hydroxylation is 1. The van der Waals surface area contributed by atoms with Gasteiger partial charge in [-0.2, -0.15) is 0 Å². The van der Waals surface area contributed by atoms with Gasteiger partial charge in [0.05, 0.1) is 6.42 Å². The molecule has 0 saturated heterocycles. The van der Waals surface area contributed by atoms with Crippen molar-refractivity contribution in [1.29, 1.82) is 0 Å². The Hall–Kier alpha value is -2.99. The first-order valence-electron chi connectivity index (χ1n) is 11.3. The Morgan fingerprint density at radius 2 is 1.81 bits per heavy atom. The smallest absolute Gasteiger partial charge is 0.248 e. The summed E-state index contributed by atoms with van der Waals surface area (Å²) in [6.07, 6.45) is 8.76. The van der Waals surface area contributed by atoms with Gasteiger partial charge in [0, 0.05) is 29.0 Å². The molecule has 2 aromatic heterocycles. The number of benzene rings is 1. The zero-order chi connectivity index (χ0) is 22.3. The summed E-state index contributed by atoms with van der Waals surface area (Å²) < 4.78 is 0. The predicted molar refractivity (Wildman–Crippen MR) is 129 cm³/mol. The number of hydrogen-bond donors (Lipinski definition) is 1. The second kappa shape index (κ2) is 10.6. The maximum atomic E-state index is 13.7. The number of thiophene rings is 1. The topological polar surface area (TPSA) is 62.3 Å². The maximum Gasteiger partial charge on any atom is 0.248 e. The van der Waals surface area contributed by atoms with Crippen LogP contribution in [-0.4, -0.2) is 22.8 Å². The van der Waals surface area contributed by atoms with E-state index in [0.29, 0.717) is 0 Å². The van der Waals surface area contributed by atoms with Crippen molar-refractivity contribution in [3.63, 3.8) is 0 Å². The molecule has 5 nitrogen and oxygen atoms in total. The number of aromatic nitrogens is 1. The van der Waals surface area contributed by atoms with Gasteiger partial charge in [-0.15, -0.1) is 11.3 Å². The van der Waals surface area contributed by atoms with Crippen molar-refractivity contribution in [2.24, 2.45) is 0 Å². The standard InChI is InChI=1S/C26H29N3O2S/c1-2-19-9-11-22(12-10-19)29(24(30)18-23-8-5-17-32-23)25(20-13-15-27-16-14-20)26(31)28-21-6-3-4-7-21/h5,8-17,21,25H,2-4,6-7,18H2,1H3,(H,28,31). The van der Waals surface area contributed by atoms with Crippen LogP contribution in [0.2, 0.25) is 0 Å². The average Bonchev–Trinajstić information content (AvgIpc) is 3.52. The summed E-state index contributed by atoms with van der Waals surface area (Å²) in [6, 6.07) is 14.9. The average molecular weight is 448 g/mol. The van der Waals surface area contributed by atoms with Crippen LogP contribution in [0.4, 0.5) is 5.69 Å². The van der Waals surface area contributed by atoms with Crippen LogP contribution < -0.4 is 10.2 Å². The highest BCUT2D eigenvalue weighted by atomic mass is 32.1. The molecule has 1 unspecified atom stereocenters. The molecule has 1 fully saturated rings. The van der Waals surface area contributed by atoms with E-state index in [1.807, 2.05) is 53.9 Å². The zero-order valence-corrected chi connectivity index (χ0v) is 19.2. The fourth-order valence-electron chi connectivity index (χ4n) is 4.29. The number of amides is 2. The number of nitrogens with one attached hydrogen (secondary N) is 1. The van der Waals surface area contributed by atoms with Crippen LogP contribution in [0.3, 0.4) is 0 Å². The largest absolute Gasteiger partial charge is 0.351 e. The molecule has 6 heteroatoms. The van der Waals surface area contributed by atoms with E-state index in [0.717, 1.165) is 48.2 Å². The van der Waals surface area contributed by atoms with Crippen LogP contribution in [0, 0.1) is 0 Å². The van der Waals surface area contributed by atoms with E-state index >= 15 is 0 Å². The molecule has 32 heavy (non-hydrogen) atoms. The Morgan fingerprint density at radius 3 is 2.44 bits per heavy atom. The van der Waals surface area contributed by atoms with Crippen LogP contribution in [0.25, 0.3) is 0 Å². The number of rotatable bonds is 8. The molecule has 1 aliphatic rings. The molecule has 1 saturated carbocycles. The summed E-state index contributed by atoms with van der Waals surface area (Å²) in [5.41, 5.74) is 2.68. The van der Waals surface area contributed by atoms with Gasteiger partial charge >= 0.3 is 0 Å². The maximum absolute atomic E-state index is 13.7. The molecule has 0 radical (unpaired) electrons. The van der Waals surface area contributed by atoms with Crippen molar-refractivity contribution < 1.29 is 9.59 Å². The number of pyridine rings is 1. The summed E-state index contributed by atoms with van der Waals surface area (Å²) in [7, 11) is 0. The first kappa shape index (κ1) is 22.2. The van der Waals surface area contributed by atoms with E-state index in [1.54, 1.807) is 28.6 Å². The molecular weight excluding hydrogens is 418 g/mol. The summed E-state index contributed by atoms with van der Waals surface area (Å²) in [5.74, 6) is -0.234. The zero-order valence-electron chi connectivity index (χ0n) is 18.4. The van der Waals surface area contributed by atoms with E-state index in [4.69, 9.17) is 0 Å². The van der Waals surface area contributed by atoms with E-state index in [2.05, 4.69) is 17.2 Å². The molecule has 2 amide bonds. The summed E-state index contributed by atoms with van der Waals surface area (Å²) in [6.45, 7) is 2.10. The Morgan fingerprint density at radius 1 is 1.09 bits per heavy atom. The number of hydrogen-bond acceptors (Lipinski definition) is 4. The lowest BCUT2D eigenvalue weighted by Crippen LogP contribution is -2.46. The van der Waals surface area contributed by atoms with Crippen molar-refractivity contribution in [1.82, 2.24) is 10.3 Å². The van der Waals surface area contributed by atoms with Crippen molar-refractivity contribution in [3.8, 4) is 0 Å². The lowest BCUT2D eigenvalue weighted by atomic mass is 10.0. The van der Waals surface area contributed by atoms with Crippen LogP contribution in [-0.2, 0) is 22.4 Å². The van der Waals surface area contributed by atoms with Gasteiger partial charge in [-0.25, -0.2) is 0 Å². The second-order valence-electron chi connectivity index (χ2n) is 8.21. The second-order valence-corrected chi connectivity index (χ2v) is 9.25. The van der Waals surface area contributed by atoms with Gasteiger partial charge in [0.2, 0.25) is 11.8 Å². The lowest BCUT2D eigenvalue weighted by Gasteiger charge is -2.32. The Kier molecular flexibility index (Phi) is 7.32. The number of carbonyl (C=O) groups excluding carboxylic acids is 2. The van der Waals surface area contributed by atoms with Crippen molar-refractivity contribution in [3.05, 3.63) is 82.3 Å². The molecule has 1 atom stereocenters. The van der Waals surface area contributed by atoms with Crippen LogP contribution in [0.5, 0.6) is 0 Å². The third kappa shape index (κ3) is 5.25. The molecule has 0 bridgehead atoms. The van der Waals surface area contributed by atoms with E-state index in [1.165, 1.54) is 5.56 Å². The van der Waals surface area contributed by atoms with Gasteiger partial charge < -0.3 is 5.32 Å². The lowest BCUT2D eigenvalue weighted by molar-refractivity contribution is -0.127. The van der Waals surface area contributed by atoms with Crippen molar-refractivity contribution >= 4 is 28.8 Å². The van der Waals surface area contributed by atoms with Crippen LogP contribution >= 0.6 is 11.3 Å². The molecule has 0 spiro atoms. The predicted octanol–water partition coefficient (Wildman–Crippen LogP) is 5.08. The molecule has 4 rings (SSSR count). The normalized spacial score (nSPS) is 14.8. The minimum Gasteiger partial charge on any atom is -0.351 e. The van der Waals surface area contributed by atoms with Crippen molar-refractivity contribution in [2.75, 3.05) is 4.90 Å².